The standard InChI is InChI=1S/C14H23N3/c1-11-8-14(13(9-15-3)10-16-11)17-7-5-4-6-12(17)2/h8,10,12,15H,4-7,9H2,1-3H3. The highest BCUT2D eigenvalue weighted by molar-refractivity contribution is 5.54. The molecule has 2 rings (SSSR count). The summed E-state index contributed by atoms with van der Waals surface area (Å²) in [4.78, 5) is 6.96. The van der Waals surface area contributed by atoms with Crippen molar-refractivity contribution in [3.05, 3.63) is 23.5 Å². The Bertz CT molecular complexity index is 376. The second-order valence-electron chi connectivity index (χ2n) is 5.02. The quantitative estimate of drug-likeness (QED) is 0.869. The normalized spacial score (nSPS) is 20.6. The molecule has 1 N–H and O–H groups in total. The van der Waals surface area contributed by atoms with Crippen LogP contribution in [0.5, 0.6) is 0 Å². The summed E-state index contributed by atoms with van der Waals surface area (Å²) in [5, 5.41) is 3.23. The van der Waals surface area contributed by atoms with Gasteiger partial charge in [0.05, 0.1) is 0 Å². The third-order valence-corrected chi connectivity index (χ3v) is 3.58. The third-order valence-electron chi connectivity index (χ3n) is 3.58. The van der Waals surface area contributed by atoms with Crippen LogP contribution in [0.25, 0.3) is 0 Å². The first kappa shape index (κ1) is 12.4. The first-order chi connectivity index (χ1) is 8.22. The minimum absolute atomic E-state index is 0.654. The Hall–Kier alpha value is -1.09. The van der Waals surface area contributed by atoms with Crippen molar-refractivity contribution in [2.24, 2.45) is 0 Å². The van der Waals surface area contributed by atoms with E-state index in [0.29, 0.717) is 6.04 Å². The number of piperidine rings is 1. The van der Waals surface area contributed by atoms with Gasteiger partial charge in [0.1, 0.15) is 0 Å². The van der Waals surface area contributed by atoms with Gasteiger partial charge in [-0.25, -0.2) is 0 Å². The Labute approximate surface area is 104 Å². The zero-order chi connectivity index (χ0) is 12.3. The zero-order valence-electron chi connectivity index (χ0n) is 11.2. The van der Waals surface area contributed by atoms with Crippen LogP contribution in [0.15, 0.2) is 12.3 Å². The smallest absolute Gasteiger partial charge is 0.0447 e. The molecule has 17 heavy (non-hydrogen) atoms. The number of aryl methyl sites for hydroxylation is 1. The maximum Gasteiger partial charge on any atom is 0.0447 e. The summed E-state index contributed by atoms with van der Waals surface area (Å²) < 4.78 is 0. The van der Waals surface area contributed by atoms with E-state index in [1.807, 2.05) is 13.2 Å². The van der Waals surface area contributed by atoms with Crippen LogP contribution in [-0.4, -0.2) is 24.6 Å². The van der Waals surface area contributed by atoms with E-state index >= 15 is 0 Å². The number of nitrogens with zero attached hydrogens (tertiary/aromatic N) is 2. The maximum absolute atomic E-state index is 4.41. The molecule has 1 aliphatic rings. The molecule has 0 aromatic carbocycles. The number of rotatable bonds is 3. The minimum atomic E-state index is 0.654. The molecule has 1 saturated heterocycles. The molecule has 1 aromatic rings. The van der Waals surface area contributed by atoms with Crippen LogP contribution >= 0.6 is 0 Å². The molecule has 0 saturated carbocycles. The Morgan fingerprint density at radius 1 is 1.47 bits per heavy atom. The molecule has 3 heteroatoms. The first-order valence-corrected chi connectivity index (χ1v) is 6.59. The Balaban J connectivity index is 2.30. The lowest BCUT2D eigenvalue weighted by Crippen LogP contribution is -2.38. The van der Waals surface area contributed by atoms with Crippen molar-refractivity contribution < 1.29 is 0 Å². The van der Waals surface area contributed by atoms with Gasteiger partial charge in [-0.05, 0) is 46.2 Å². The minimum Gasteiger partial charge on any atom is -0.368 e. The van der Waals surface area contributed by atoms with Crippen LogP contribution in [0.1, 0.15) is 37.4 Å². The summed E-state index contributed by atoms with van der Waals surface area (Å²) in [5.41, 5.74) is 3.79. The van der Waals surface area contributed by atoms with Gasteiger partial charge >= 0.3 is 0 Å². The molecule has 0 radical (unpaired) electrons. The average molecular weight is 233 g/mol. The molecule has 1 aliphatic heterocycles. The lowest BCUT2D eigenvalue weighted by Gasteiger charge is -2.36. The Kier molecular flexibility index (Phi) is 4.00. The fourth-order valence-corrected chi connectivity index (χ4v) is 2.62. The van der Waals surface area contributed by atoms with Crippen molar-refractivity contribution in [1.29, 1.82) is 0 Å². The van der Waals surface area contributed by atoms with E-state index in [4.69, 9.17) is 0 Å². The van der Waals surface area contributed by atoms with Crippen molar-refractivity contribution in [2.45, 2.75) is 45.7 Å². The van der Waals surface area contributed by atoms with Crippen LogP contribution in [0.2, 0.25) is 0 Å². The molecule has 94 valence electrons. The van der Waals surface area contributed by atoms with Crippen LogP contribution < -0.4 is 10.2 Å². The molecule has 0 bridgehead atoms. The van der Waals surface area contributed by atoms with E-state index in [2.05, 4.69) is 35.1 Å². The summed E-state index contributed by atoms with van der Waals surface area (Å²) in [7, 11) is 1.99. The predicted octanol–water partition coefficient (Wildman–Crippen LogP) is 2.49. The number of hydrogen-bond acceptors (Lipinski definition) is 3. The molecule has 2 heterocycles. The fourth-order valence-electron chi connectivity index (χ4n) is 2.62. The first-order valence-electron chi connectivity index (χ1n) is 6.59. The molecule has 0 spiro atoms. The summed E-state index contributed by atoms with van der Waals surface area (Å²) in [6, 6.07) is 2.88. The van der Waals surface area contributed by atoms with Gasteiger partial charge < -0.3 is 10.2 Å². The van der Waals surface area contributed by atoms with Crippen molar-refractivity contribution in [3.63, 3.8) is 0 Å². The number of pyridine rings is 1. The van der Waals surface area contributed by atoms with Crippen molar-refractivity contribution in [1.82, 2.24) is 10.3 Å². The lowest BCUT2D eigenvalue weighted by molar-refractivity contribution is 0.483. The van der Waals surface area contributed by atoms with Crippen LogP contribution in [0.3, 0.4) is 0 Å². The van der Waals surface area contributed by atoms with Gasteiger partial charge in [0.25, 0.3) is 0 Å². The molecule has 0 aliphatic carbocycles. The summed E-state index contributed by atoms with van der Waals surface area (Å²) in [6.07, 6.45) is 6.00. The van der Waals surface area contributed by atoms with E-state index in [-0.39, 0.29) is 0 Å². The molecule has 1 atom stereocenters. The number of nitrogens with one attached hydrogen (secondary N) is 1. The molecular formula is C14H23N3. The predicted molar refractivity (Wildman–Crippen MR) is 72.4 cm³/mol. The van der Waals surface area contributed by atoms with Gasteiger partial charge in [0.2, 0.25) is 0 Å². The second-order valence-corrected chi connectivity index (χ2v) is 5.02. The molecule has 0 amide bonds. The molecule has 1 fully saturated rings. The van der Waals surface area contributed by atoms with Gasteiger partial charge in [-0.1, -0.05) is 0 Å². The van der Waals surface area contributed by atoms with Crippen molar-refractivity contribution in [2.75, 3.05) is 18.5 Å². The number of aromatic nitrogens is 1. The van der Waals surface area contributed by atoms with E-state index in [1.165, 1.54) is 37.1 Å². The Morgan fingerprint density at radius 3 is 3.00 bits per heavy atom. The van der Waals surface area contributed by atoms with Crippen LogP contribution in [0.4, 0.5) is 5.69 Å². The summed E-state index contributed by atoms with van der Waals surface area (Å²) in [5.74, 6) is 0. The SMILES string of the molecule is CNCc1cnc(C)cc1N1CCCCC1C. The highest BCUT2D eigenvalue weighted by atomic mass is 15.2. The highest BCUT2D eigenvalue weighted by Crippen LogP contribution is 2.28. The number of hydrogen-bond donors (Lipinski definition) is 1. The van der Waals surface area contributed by atoms with E-state index in [0.717, 1.165) is 12.2 Å². The van der Waals surface area contributed by atoms with Crippen molar-refractivity contribution in [3.8, 4) is 0 Å². The second kappa shape index (κ2) is 5.50. The van der Waals surface area contributed by atoms with Crippen molar-refractivity contribution >= 4 is 5.69 Å². The van der Waals surface area contributed by atoms with Gasteiger partial charge in [-0.2, -0.15) is 0 Å². The van der Waals surface area contributed by atoms with Crippen LogP contribution in [-0.2, 0) is 6.54 Å². The maximum atomic E-state index is 4.41. The average Bonchev–Trinajstić information content (AvgIpc) is 2.32. The van der Waals surface area contributed by atoms with Gasteiger partial charge in [0, 0.05) is 42.3 Å². The molecule has 3 nitrogen and oxygen atoms in total. The molecule has 1 aromatic heterocycles. The van der Waals surface area contributed by atoms with E-state index in [9.17, 15) is 0 Å². The molecular weight excluding hydrogens is 210 g/mol. The monoisotopic (exact) mass is 233 g/mol. The number of anilines is 1. The Morgan fingerprint density at radius 2 is 2.29 bits per heavy atom. The largest absolute Gasteiger partial charge is 0.368 e. The van der Waals surface area contributed by atoms with Gasteiger partial charge in [0.15, 0.2) is 0 Å². The van der Waals surface area contributed by atoms with E-state index in [1.54, 1.807) is 0 Å². The summed E-state index contributed by atoms with van der Waals surface area (Å²) in [6.45, 7) is 6.48. The topological polar surface area (TPSA) is 28.2 Å². The van der Waals surface area contributed by atoms with Gasteiger partial charge in [-0.15, -0.1) is 0 Å². The zero-order valence-corrected chi connectivity index (χ0v) is 11.2. The molecule has 1 unspecified atom stereocenters. The van der Waals surface area contributed by atoms with Crippen LogP contribution in [0, 0.1) is 6.92 Å². The fraction of sp³-hybridized carbons (Fsp3) is 0.643. The van der Waals surface area contributed by atoms with E-state index < -0.39 is 0 Å². The lowest BCUT2D eigenvalue weighted by atomic mass is 10.0. The van der Waals surface area contributed by atoms with Gasteiger partial charge in [-0.3, -0.25) is 4.98 Å². The summed E-state index contributed by atoms with van der Waals surface area (Å²) >= 11 is 0. The third kappa shape index (κ3) is 2.78. The highest BCUT2D eigenvalue weighted by Gasteiger charge is 2.20.